The van der Waals surface area contributed by atoms with Crippen LogP contribution in [-0.2, 0) is 15.8 Å². The van der Waals surface area contributed by atoms with Crippen molar-refractivity contribution in [2.24, 2.45) is 5.92 Å². The average molecular weight is 334 g/mol. The van der Waals surface area contributed by atoms with E-state index in [4.69, 9.17) is 4.52 Å². The topological polar surface area (TPSA) is 63.4 Å². The van der Waals surface area contributed by atoms with Crippen molar-refractivity contribution in [1.82, 2.24) is 9.46 Å². The standard InChI is InChI=1S/C17H22N2O3S/c1-2-14-12-19(23(20,21)13-16-9-11-22-18-16)10-8-17(14)15-6-4-3-5-7-15/h3-7,9,11,14,17H,2,8,10,12-13H2,1H3/t14-,17-/m1/s1. The molecular weight excluding hydrogens is 312 g/mol. The summed E-state index contributed by atoms with van der Waals surface area (Å²) in [4.78, 5) is 0. The van der Waals surface area contributed by atoms with Crippen LogP contribution >= 0.6 is 0 Å². The monoisotopic (exact) mass is 334 g/mol. The lowest BCUT2D eigenvalue weighted by atomic mass is 9.80. The lowest BCUT2D eigenvalue weighted by molar-refractivity contribution is 0.228. The first-order chi connectivity index (χ1) is 11.1. The third kappa shape index (κ3) is 3.64. The smallest absolute Gasteiger partial charge is 0.219 e. The number of nitrogens with zero attached hydrogens (tertiary/aromatic N) is 2. The number of aromatic nitrogens is 1. The van der Waals surface area contributed by atoms with E-state index in [0.717, 1.165) is 12.8 Å². The summed E-state index contributed by atoms with van der Waals surface area (Å²) in [7, 11) is -3.34. The Morgan fingerprint density at radius 2 is 2.04 bits per heavy atom. The molecule has 2 atom stereocenters. The molecule has 1 aliphatic rings. The summed E-state index contributed by atoms with van der Waals surface area (Å²) < 4.78 is 31.6. The fraction of sp³-hybridized carbons (Fsp3) is 0.471. The number of hydrogen-bond donors (Lipinski definition) is 0. The average Bonchev–Trinajstić information content (AvgIpc) is 3.07. The van der Waals surface area contributed by atoms with Crippen molar-refractivity contribution < 1.29 is 12.9 Å². The molecule has 23 heavy (non-hydrogen) atoms. The Kier molecular flexibility index (Phi) is 4.82. The highest BCUT2D eigenvalue weighted by Gasteiger charge is 2.34. The van der Waals surface area contributed by atoms with E-state index in [-0.39, 0.29) is 5.75 Å². The second-order valence-electron chi connectivity index (χ2n) is 6.08. The van der Waals surface area contributed by atoms with Crippen molar-refractivity contribution >= 4 is 10.0 Å². The summed E-state index contributed by atoms with van der Waals surface area (Å²) in [6.45, 7) is 3.28. The minimum atomic E-state index is -3.34. The third-order valence-electron chi connectivity index (χ3n) is 4.66. The molecule has 0 N–H and O–H groups in total. The number of rotatable bonds is 5. The molecule has 3 rings (SSSR count). The van der Waals surface area contributed by atoms with E-state index < -0.39 is 10.0 Å². The van der Waals surface area contributed by atoms with Crippen LogP contribution in [0.15, 0.2) is 47.2 Å². The maximum Gasteiger partial charge on any atom is 0.219 e. The Bertz CT molecular complexity index is 714. The van der Waals surface area contributed by atoms with Gasteiger partial charge in [-0.05, 0) is 23.8 Å². The molecule has 6 heteroatoms. The molecule has 0 bridgehead atoms. The Morgan fingerprint density at radius 3 is 2.70 bits per heavy atom. The molecule has 0 amide bonds. The van der Waals surface area contributed by atoms with E-state index in [9.17, 15) is 8.42 Å². The van der Waals surface area contributed by atoms with Gasteiger partial charge in [0.15, 0.2) is 0 Å². The summed E-state index contributed by atoms with van der Waals surface area (Å²) in [5.41, 5.74) is 1.77. The van der Waals surface area contributed by atoms with Crippen LogP contribution in [0.4, 0.5) is 0 Å². The highest BCUT2D eigenvalue weighted by atomic mass is 32.2. The molecule has 5 nitrogen and oxygen atoms in total. The minimum absolute atomic E-state index is 0.0874. The van der Waals surface area contributed by atoms with Gasteiger partial charge in [-0.3, -0.25) is 0 Å². The molecule has 1 fully saturated rings. The van der Waals surface area contributed by atoms with Crippen LogP contribution in [0.25, 0.3) is 0 Å². The quantitative estimate of drug-likeness (QED) is 0.843. The van der Waals surface area contributed by atoms with E-state index in [1.807, 2.05) is 6.07 Å². The zero-order valence-electron chi connectivity index (χ0n) is 13.3. The van der Waals surface area contributed by atoms with E-state index in [0.29, 0.717) is 30.6 Å². The lowest BCUT2D eigenvalue weighted by Crippen LogP contribution is -2.43. The van der Waals surface area contributed by atoms with Gasteiger partial charge in [0.2, 0.25) is 10.0 Å². The van der Waals surface area contributed by atoms with Crippen LogP contribution in [0.2, 0.25) is 0 Å². The van der Waals surface area contributed by atoms with Crippen molar-refractivity contribution in [3.63, 3.8) is 0 Å². The molecule has 1 aliphatic heterocycles. The Labute approximate surface area is 137 Å². The van der Waals surface area contributed by atoms with Crippen LogP contribution in [-0.4, -0.2) is 31.0 Å². The number of sulfonamides is 1. The molecule has 0 aliphatic carbocycles. The maximum absolute atomic E-state index is 12.6. The van der Waals surface area contributed by atoms with Crippen molar-refractivity contribution in [2.45, 2.75) is 31.4 Å². The molecule has 1 aromatic heterocycles. The van der Waals surface area contributed by atoms with Gasteiger partial charge in [0.25, 0.3) is 0 Å². The first-order valence-electron chi connectivity index (χ1n) is 8.02. The fourth-order valence-electron chi connectivity index (χ4n) is 3.39. The zero-order chi connectivity index (χ0) is 16.3. The second-order valence-corrected chi connectivity index (χ2v) is 8.05. The predicted octanol–water partition coefficient (Wildman–Crippen LogP) is 3.02. The zero-order valence-corrected chi connectivity index (χ0v) is 14.1. The molecule has 0 radical (unpaired) electrons. The van der Waals surface area contributed by atoms with Crippen LogP contribution < -0.4 is 0 Å². The number of benzene rings is 1. The van der Waals surface area contributed by atoms with Gasteiger partial charge in [0, 0.05) is 19.2 Å². The Morgan fingerprint density at radius 1 is 1.26 bits per heavy atom. The molecule has 2 heterocycles. The van der Waals surface area contributed by atoms with E-state index in [1.54, 1.807) is 10.4 Å². The summed E-state index contributed by atoms with van der Waals surface area (Å²) in [6.07, 6.45) is 3.23. The second kappa shape index (κ2) is 6.84. The first-order valence-corrected chi connectivity index (χ1v) is 9.63. The Balaban J connectivity index is 1.73. The van der Waals surface area contributed by atoms with Gasteiger partial charge in [-0.1, -0.05) is 48.8 Å². The highest BCUT2D eigenvalue weighted by Crippen LogP contribution is 2.36. The van der Waals surface area contributed by atoms with Crippen LogP contribution in [0.3, 0.4) is 0 Å². The molecule has 0 saturated carbocycles. The van der Waals surface area contributed by atoms with Crippen molar-refractivity contribution in [3.05, 3.63) is 53.9 Å². The molecule has 124 valence electrons. The minimum Gasteiger partial charge on any atom is -0.364 e. The van der Waals surface area contributed by atoms with Crippen LogP contribution in [0, 0.1) is 5.92 Å². The summed E-state index contributed by atoms with van der Waals surface area (Å²) >= 11 is 0. The molecule has 1 aromatic carbocycles. The van der Waals surface area contributed by atoms with Gasteiger partial charge in [0.05, 0.1) is 5.69 Å². The summed E-state index contributed by atoms with van der Waals surface area (Å²) in [6, 6.07) is 12.0. The van der Waals surface area contributed by atoms with Gasteiger partial charge in [-0.2, -0.15) is 0 Å². The van der Waals surface area contributed by atoms with Crippen molar-refractivity contribution in [1.29, 1.82) is 0 Å². The lowest BCUT2D eigenvalue weighted by Gasteiger charge is -2.37. The molecule has 0 spiro atoms. The third-order valence-corrected chi connectivity index (χ3v) is 6.44. The van der Waals surface area contributed by atoms with E-state index in [2.05, 4.69) is 36.3 Å². The van der Waals surface area contributed by atoms with Gasteiger partial charge in [-0.25, -0.2) is 12.7 Å². The van der Waals surface area contributed by atoms with E-state index >= 15 is 0 Å². The molecule has 1 saturated heterocycles. The summed E-state index contributed by atoms with van der Waals surface area (Å²) in [5.74, 6) is 0.689. The fourth-order valence-corrected chi connectivity index (χ4v) is 4.90. The number of piperidine rings is 1. The summed E-state index contributed by atoms with van der Waals surface area (Å²) in [5, 5.41) is 3.72. The van der Waals surface area contributed by atoms with Crippen molar-refractivity contribution in [2.75, 3.05) is 13.1 Å². The number of hydrogen-bond acceptors (Lipinski definition) is 4. The highest BCUT2D eigenvalue weighted by molar-refractivity contribution is 7.88. The Hall–Kier alpha value is -1.66. The largest absolute Gasteiger partial charge is 0.364 e. The SMILES string of the molecule is CC[C@@H]1CN(S(=O)(=O)Cc2ccon2)CC[C@H]1c1ccccc1. The molecular formula is C17H22N2O3S. The van der Waals surface area contributed by atoms with E-state index in [1.165, 1.54) is 11.8 Å². The van der Waals surface area contributed by atoms with Crippen LogP contribution in [0.1, 0.15) is 36.9 Å². The van der Waals surface area contributed by atoms with Crippen LogP contribution in [0.5, 0.6) is 0 Å². The predicted molar refractivity (Wildman–Crippen MR) is 88.3 cm³/mol. The first kappa shape index (κ1) is 16.2. The molecule has 0 unspecified atom stereocenters. The van der Waals surface area contributed by atoms with Gasteiger partial charge in [-0.15, -0.1) is 0 Å². The van der Waals surface area contributed by atoms with Gasteiger partial charge < -0.3 is 4.52 Å². The van der Waals surface area contributed by atoms with Crippen molar-refractivity contribution in [3.8, 4) is 0 Å². The van der Waals surface area contributed by atoms with Gasteiger partial charge in [0.1, 0.15) is 12.0 Å². The maximum atomic E-state index is 12.6. The van der Waals surface area contributed by atoms with Gasteiger partial charge >= 0.3 is 0 Å². The molecule has 2 aromatic rings. The normalized spacial score (nSPS) is 23.0.